The van der Waals surface area contributed by atoms with Crippen molar-refractivity contribution in [1.82, 2.24) is 14.9 Å². The maximum atomic E-state index is 12.6. The third kappa shape index (κ3) is 4.14. The number of aryl methyl sites for hydroxylation is 1. The predicted molar refractivity (Wildman–Crippen MR) is 114 cm³/mol. The summed E-state index contributed by atoms with van der Waals surface area (Å²) in [5.74, 6) is -0.210. The number of fused-ring (bicyclic) bond motifs is 1. The van der Waals surface area contributed by atoms with Crippen molar-refractivity contribution in [1.29, 1.82) is 0 Å². The Bertz CT molecular complexity index is 1140. The summed E-state index contributed by atoms with van der Waals surface area (Å²) in [6.45, 7) is 1.47. The number of aromatic nitrogens is 2. The average Bonchev–Trinajstić information content (AvgIpc) is 3.14. The summed E-state index contributed by atoms with van der Waals surface area (Å²) < 4.78 is 2.23. The van der Waals surface area contributed by atoms with Crippen LogP contribution in [0.4, 0.5) is 16.2 Å². The van der Waals surface area contributed by atoms with Crippen molar-refractivity contribution in [2.24, 2.45) is 0 Å². The van der Waals surface area contributed by atoms with Gasteiger partial charge in [-0.25, -0.2) is 9.78 Å². The first-order valence-corrected chi connectivity index (χ1v) is 9.90. The van der Waals surface area contributed by atoms with Gasteiger partial charge in [-0.3, -0.25) is 19.1 Å². The second-order valence-electron chi connectivity index (χ2n) is 6.63. The number of nitrogens with zero attached hydrogens (tertiary/aromatic N) is 3. The molecular formula is C20H18BrN5O3. The Kier molecular flexibility index (Phi) is 5.30. The summed E-state index contributed by atoms with van der Waals surface area (Å²) >= 11 is 3.36. The monoisotopic (exact) mass is 455 g/mol. The number of hydrogen-bond donors (Lipinski definition) is 2. The molecule has 8 nitrogen and oxygen atoms in total. The number of carbonyl (C=O) groups excluding carboxylic acids is 2. The van der Waals surface area contributed by atoms with Crippen molar-refractivity contribution in [3.8, 4) is 0 Å². The normalized spacial score (nSPS) is 13.6. The molecule has 2 aromatic carbocycles. The van der Waals surface area contributed by atoms with Gasteiger partial charge in [0, 0.05) is 41.9 Å². The van der Waals surface area contributed by atoms with Crippen LogP contribution >= 0.6 is 15.9 Å². The fraction of sp³-hybridized carbons (Fsp3) is 0.200. The number of nitrogens with one attached hydrogen (secondary N) is 2. The summed E-state index contributed by atoms with van der Waals surface area (Å²) in [4.78, 5) is 42.5. The van der Waals surface area contributed by atoms with Crippen LogP contribution in [0, 0.1) is 0 Å². The van der Waals surface area contributed by atoms with Gasteiger partial charge in [-0.1, -0.05) is 15.9 Å². The maximum Gasteiger partial charge on any atom is 0.321 e. The molecule has 0 atom stereocenters. The summed E-state index contributed by atoms with van der Waals surface area (Å²) in [5.41, 5.74) is 1.84. The van der Waals surface area contributed by atoms with E-state index in [0.717, 1.165) is 10.2 Å². The molecule has 0 spiro atoms. The molecule has 0 aliphatic carbocycles. The smallest absolute Gasteiger partial charge is 0.321 e. The second kappa shape index (κ2) is 8.04. The number of carbonyl (C=O) groups is 2. The van der Waals surface area contributed by atoms with Crippen molar-refractivity contribution in [2.75, 3.05) is 23.3 Å². The molecule has 1 saturated heterocycles. The van der Waals surface area contributed by atoms with Gasteiger partial charge in [0.25, 0.3) is 5.56 Å². The summed E-state index contributed by atoms with van der Waals surface area (Å²) in [7, 11) is 0. The quantitative estimate of drug-likeness (QED) is 0.617. The number of anilines is 2. The molecule has 0 unspecified atom stereocenters. The van der Waals surface area contributed by atoms with Gasteiger partial charge in [0.1, 0.15) is 0 Å². The molecule has 2 N–H and O–H groups in total. The lowest BCUT2D eigenvalue weighted by atomic mass is 10.2. The molecule has 0 saturated carbocycles. The van der Waals surface area contributed by atoms with Crippen molar-refractivity contribution in [3.63, 3.8) is 0 Å². The second-order valence-corrected chi connectivity index (χ2v) is 7.55. The van der Waals surface area contributed by atoms with Crippen molar-refractivity contribution < 1.29 is 9.59 Å². The molecule has 3 amide bonds. The molecule has 1 aliphatic rings. The lowest BCUT2D eigenvalue weighted by Gasteiger charge is -2.14. The van der Waals surface area contributed by atoms with Crippen LogP contribution in [-0.4, -0.2) is 34.6 Å². The van der Waals surface area contributed by atoms with Crippen LogP contribution in [0.3, 0.4) is 0 Å². The van der Waals surface area contributed by atoms with E-state index in [9.17, 15) is 14.4 Å². The topological polar surface area (TPSA) is 96.3 Å². The molecule has 0 radical (unpaired) electrons. The summed E-state index contributed by atoms with van der Waals surface area (Å²) in [6, 6.07) is 12.3. The van der Waals surface area contributed by atoms with Crippen LogP contribution in [0.2, 0.25) is 0 Å². The van der Waals surface area contributed by atoms with Gasteiger partial charge >= 0.3 is 6.03 Å². The van der Waals surface area contributed by atoms with E-state index >= 15 is 0 Å². The highest BCUT2D eigenvalue weighted by Gasteiger charge is 2.20. The Hall–Kier alpha value is -3.20. The zero-order valence-electron chi connectivity index (χ0n) is 15.4. The number of urea groups is 1. The molecule has 0 bridgehead atoms. The number of benzene rings is 2. The standard InChI is InChI=1S/C20H18BrN5O3/c21-13-1-6-17-16(11-13)19(28)25(12-23-17)9-7-18(27)24-14-2-4-15(5-3-14)26-10-8-22-20(26)29/h1-6,11-12H,7-10H2,(H,22,29)(H,24,27). The van der Waals surface area contributed by atoms with Crippen LogP contribution < -0.4 is 21.1 Å². The number of hydrogen-bond acceptors (Lipinski definition) is 4. The molecule has 29 heavy (non-hydrogen) atoms. The van der Waals surface area contributed by atoms with Crippen LogP contribution in [-0.2, 0) is 11.3 Å². The van der Waals surface area contributed by atoms with Gasteiger partial charge in [-0.2, -0.15) is 0 Å². The highest BCUT2D eigenvalue weighted by molar-refractivity contribution is 9.10. The molecule has 1 aromatic heterocycles. The van der Waals surface area contributed by atoms with Crippen LogP contribution in [0.1, 0.15) is 6.42 Å². The Balaban J connectivity index is 1.39. The minimum Gasteiger partial charge on any atom is -0.336 e. The molecular weight excluding hydrogens is 438 g/mol. The Labute approximate surface area is 174 Å². The fourth-order valence-electron chi connectivity index (χ4n) is 3.18. The lowest BCUT2D eigenvalue weighted by Crippen LogP contribution is -2.27. The Morgan fingerprint density at radius 3 is 2.69 bits per heavy atom. The van der Waals surface area contributed by atoms with E-state index in [1.54, 1.807) is 41.3 Å². The minimum atomic E-state index is -0.210. The molecule has 3 aromatic rings. The van der Waals surface area contributed by atoms with E-state index in [-0.39, 0.29) is 30.5 Å². The predicted octanol–water partition coefficient (Wildman–Crippen LogP) is 2.72. The van der Waals surface area contributed by atoms with Crippen LogP contribution in [0.15, 0.2) is 58.1 Å². The largest absolute Gasteiger partial charge is 0.336 e. The zero-order valence-corrected chi connectivity index (χ0v) is 17.0. The van der Waals surface area contributed by atoms with Gasteiger partial charge in [-0.05, 0) is 42.5 Å². The van der Waals surface area contributed by atoms with E-state index in [1.807, 2.05) is 6.07 Å². The van der Waals surface area contributed by atoms with Crippen LogP contribution in [0.25, 0.3) is 10.9 Å². The molecule has 1 aliphatic heterocycles. The van der Waals surface area contributed by atoms with E-state index in [4.69, 9.17) is 0 Å². The van der Waals surface area contributed by atoms with Gasteiger partial charge in [-0.15, -0.1) is 0 Å². The molecule has 9 heteroatoms. The highest BCUT2D eigenvalue weighted by Crippen LogP contribution is 2.19. The van der Waals surface area contributed by atoms with Gasteiger partial charge < -0.3 is 10.6 Å². The van der Waals surface area contributed by atoms with E-state index in [0.29, 0.717) is 29.7 Å². The zero-order chi connectivity index (χ0) is 20.4. The number of rotatable bonds is 5. The van der Waals surface area contributed by atoms with E-state index in [1.165, 1.54) is 10.9 Å². The lowest BCUT2D eigenvalue weighted by molar-refractivity contribution is -0.116. The third-order valence-electron chi connectivity index (χ3n) is 4.69. The molecule has 1 fully saturated rings. The Morgan fingerprint density at radius 2 is 1.97 bits per heavy atom. The molecule has 4 rings (SSSR count). The minimum absolute atomic E-state index is 0.122. The molecule has 148 valence electrons. The van der Waals surface area contributed by atoms with Crippen molar-refractivity contribution in [3.05, 3.63) is 63.6 Å². The number of halogens is 1. The maximum absolute atomic E-state index is 12.6. The third-order valence-corrected chi connectivity index (χ3v) is 5.18. The summed E-state index contributed by atoms with van der Waals surface area (Å²) in [6.07, 6.45) is 1.60. The Morgan fingerprint density at radius 1 is 1.17 bits per heavy atom. The number of amides is 3. The first kappa shape index (κ1) is 19.1. The average molecular weight is 456 g/mol. The van der Waals surface area contributed by atoms with Gasteiger partial charge in [0.05, 0.1) is 17.2 Å². The first-order chi connectivity index (χ1) is 14.0. The molecule has 2 heterocycles. The van der Waals surface area contributed by atoms with Crippen molar-refractivity contribution in [2.45, 2.75) is 13.0 Å². The highest BCUT2D eigenvalue weighted by atomic mass is 79.9. The van der Waals surface area contributed by atoms with E-state index in [2.05, 4.69) is 31.5 Å². The van der Waals surface area contributed by atoms with Gasteiger partial charge in [0.2, 0.25) is 5.91 Å². The fourth-order valence-corrected chi connectivity index (χ4v) is 3.54. The summed E-state index contributed by atoms with van der Waals surface area (Å²) in [5, 5.41) is 6.06. The first-order valence-electron chi connectivity index (χ1n) is 9.11. The van der Waals surface area contributed by atoms with Crippen molar-refractivity contribution >= 4 is 50.1 Å². The van der Waals surface area contributed by atoms with Crippen LogP contribution in [0.5, 0.6) is 0 Å². The van der Waals surface area contributed by atoms with E-state index < -0.39 is 0 Å². The van der Waals surface area contributed by atoms with Gasteiger partial charge in [0.15, 0.2) is 0 Å². The SMILES string of the molecule is O=C(CCn1cnc2ccc(Br)cc2c1=O)Nc1ccc(N2CCNC2=O)cc1.